The molecule has 0 amide bonds. The van der Waals surface area contributed by atoms with Crippen molar-refractivity contribution in [2.24, 2.45) is 0 Å². The molecule has 0 atom stereocenters. The van der Waals surface area contributed by atoms with E-state index in [1.54, 1.807) is 0 Å². The van der Waals surface area contributed by atoms with Crippen LogP contribution >= 0.6 is 0 Å². The molecule has 0 radical (unpaired) electrons. The summed E-state index contributed by atoms with van der Waals surface area (Å²) in [5, 5.41) is 14.2. The van der Waals surface area contributed by atoms with Crippen LogP contribution in [0.4, 0.5) is 0 Å². The van der Waals surface area contributed by atoms with E-state index < -0.39 is 6.04 Å². The molecule has 2 heterocycles. The maximum atomic E-state index is 9.82. The van der Waals surface area contributed by atoms with E-state index in [1.165, 1.54) is 0 Å². The summed E-state index contributed by atoms with van der Waals surface area (Å²) in [5.74, 6) is 0. The second-order valence-corrected chi connectivity index (χ2v) is 14.9. The third-order valence-electron chi connectivity index (χ3n) is 11.6. The molecule has 3 heteroatoms. The van der Waals surface area contributed by atoms with Crippen molar-refractivity contribution in [3.63, 3.8) is 0 Å². The lowest BCUT2D eigenvalue weighted by molar-refractivity contribution is 0.660. The first-order valence-electron chi connectivity index (χ1n) is 21.0. The molecule has 258 valence electrons. The van der Waals surface area contributed by atoms with E-state index in [0.29, 0.717) is 11.1 Å². The number of para-hydroxylation sites is 2. The fraction of sp³-hybridized carbons (Fsp3) is 0.0577. The molecular formula is C52H35N3. The smallest absolute Gasteiger partial charge is 0.0991 e. The minimum absolute atomic E-state index is 0.206. The number of fused-ring (bicyclic) bond motifs is 9. The topological polar surface area (TPSA) is 33.6 Å². The van der Waals surface area contributed by atoms with Gasteiger partial charge >= 0.3 is 0 Å². The van der Waals surface area contributed by atoms with Gasteiger partial charge in [0.2, 0.25) is 0 Å². The molecule has 55 heavy (non-hydrogen) atoms. The van der Waals surface area contributed by atoms with Crippen LogP contribution < -0.4 is 0 Å². The van der Waals surface area contributed by atoms with Crippen LogP contribution in [-0.4, -0.2) is 9.13 Å². The Kier molecular flexibility index (Phi) is 5.64. The van der Waals surface area contributed by atoms with E-state index >= 15 is 0 Å². The highest BCUT2D eigenvalue weighted by molar-refractivity contribution is 6.13. The van der Waals surface area contributed by atoms with Crippen LogP contribution in [0, 0.1) is 11.3 Å². The Hall–Kier alpha value is -7.15. The third-order valence-corrected chi connectivity index (χ3v) is 11.6. The molecule has 0 unspecified atom stereocenters. The fourth-order valence-corrected chi connectivity index (χ4v) is 9.08. The van der Waals surface area contributed by atoms with Gasteiger partial charge in [-0.25, -0.2) is 0 Å². The number of aromatic nitrogens is 2. The molecule has 0 fully saturated rings. The van der Waals surface area contributed by atoms with Gasteiger partial charge in [-0.2, -0.15) is 5.26 Å². The molecule has 1 aliphatic carbocycles. The highest BCUT2D eigenvalue weighted by Crippen LogP contribution is 2.53. The zero-order valence-electron chi connectivity index (χ0n) is 35.2. The van der Waals surface area contributed by atoms with Gasteiger partial charge in [0.15, 0.2) is 0 Å². The number of hydrogen-bond acceptors (Lipinski definition) is 1. The van der Waals surface area contributed by atoms with Gasteiger partial charge in [-0.1, -0.05) is 117 Å². The van der Waals surface area contributed by atoms with Gasteiger partial charge in [0.25, 0.3) is 0 Å². The van der Waals surface area contributed by atoms with E-state index in [4.69, 9.17) is 6.85 Å². The number of hydrogen-bond donors (Lipinski definition) is 0. The first-order chi connectivity index (χ1) is 29.1. The van der Waals surface area contributed by atoms with E-state index in [0.717, 1.165) is 88.4 Å². The van der Waals surface area contributed by atoms with Crippen molar-refractivity contribution in [1.29, 1.82) is 5.26 Å². The Balaban J connectivity index is 1.10. The van der Waals surface area contributed by atoms with Gasteiger partial charge in [-0.3, -0.25) is 0 Å². The van der Waals surface area contributed by atoms with E-state index in [1.807, 2.05) is 48.5 Å². The van der Waals surface area contributed by atoms with Gasteiger partial charge in [-0.05, 0) is 117 Å². The molecule has 3 nitrogen and oxygen atoms in total. The van der Waals surface area contributed by atoms with E-state index in [2.05, 4.69) is 126 Å². The molecular weight excluding hydrogens is 667 g/mol. The second kappa shape index (κ2) is 11.7. The Morgan fingerprint density at radius 1 is 0.491 bits per heavy atom. The predicted molar refractivity (Wildman–Crippen MR) is 228 cm³/mol. The molecule has 0 saturated carbocycles. The summed E-state index contributed by atoms with van der Waals surface area (Å²) in [6.07, 6.45) is 0. The SMILES string of the molecule is [2H]c1c([2H])c([2H])c(-c2cccc3c2-c2cc(-n4c5ccccc5c5cc(-c6ccc7c(c6)c6cc(C#N)ccc6n7-c6ccccc6)ccc54)ccc2C3(C)C)c([2H])c1[2H]. The first-order valence-corrected chi connectivity index (χ1v) is 18.5. The zero-order chi connectivity index (χ0) is 41.2. The number of nitrogens with zero attached hydrogens (tertiary/aromatic N) is 3. The second-order valence-electron chi connectivity index (χ2n) is 14.9. The number of rotatable bonds is 4. The Morgan fingerprint density at radius 2 is 1.13 bits per heavy atom. The minimum Gasteiger partial charge on any atom is -0.309 e. The van der Waals surface area contributed by atoms with Crippen LogP contribution in [0.3, 0.4) is 0 Å². The highest BCUT2D eigenvalue weighted by Gasteiger charge is 2.37. The van der Waals surface area contributed by atoms with Crippen LogP contribution in [0.15, 0.2) is 176 Å². The van der Waals surface area contributed by atoms with Crippen molar-refractivity contribution in [2.45, 2.75) is 19.3 Å². The summed E-state index contributed by atoms with van der Waals surface area (Å²) in [6, 6.07) is 51.2. The van der Waals surface area contributed by atoms with Crippen molar-refractivity contribution >= 4 is 43.6 Å². The summed E-state index contributed by atoms with van der Waals surface area (Å²) in [6.45, 7) is 4.37. The van der Waals surface area contributed by atoms with Gasteiger partial charge in [0, 0.05) is 38.3 Å². The molecule has 2 aromatic heterocycles. The minimum atomic E-state index is -0.399. The zero-order valence-corrected chi connectivity index (χ0v) is 30.2. The molecule has 0 bridgehead atoms. The first kappa shape index (κ1) is 26.6. The van der Waals surface area contributed by atoms with Gasteiger partial charge in [0.05, 0.1) is 40.6 Å². The van der Waals surface area contributed by atoms with Crippen molar-refractivity contribution in [1.82, 2.24) is 9.13 Å². The third kappa shape index (κ3) is 4.55. The number of nitriles is 1. The van der Waals surface area contributed by atoms with Crippen molar-refractivity contribution in [3.05, 3.63) is 192 Å². The summed E-state index contributed by atoms with van der Waals surface area (Å²) >= 11 is 0. The quantitative estimate of drug-likeness (QED) is 0.179. The Labute approximate surface area is 326 Å². The Morgan fingerprint density at radius 3 is 1.87 bits per heavy atom. The van der Waals surface area contributed by atoms with Crippen molar-refractivity contribution in [2.75, 3.05) is 0 Å². The molecule has 0 spiro atoms. The van der Waals surface area contributed by atoms with Crippen LogP contribution in [0.1, 0.15) is 37.4 Å². The van der Waals surface area contributed by atoms with Crippen LogP contribution in [0.2, 0.25) is 0 Å². The molecule has 8 aromatic carbocycles. The van der Waals surface area contributed by atoms with Crippen LogP contribution in [0.5, 0.6) is 0 Å². The molecule has 0 N–H and O–H groups in total. The average Bonchev–Trinajstić information content (AvgIpc) is 3.87. The Bertz CT molecular complexity index is 3510. The highest BCUT2D eigenvalue weighted by atomic mass is 15.0. The fourth-order valence-electron chi connectivity index (χ4n) is 9.08. The molecule has 11 rings (SSSR count). The molecule has 10 aromatic rings. The summed E-state index contributed by atoms with van der Waals surface area (Å²) in [7, 11) is 0. The normalized spacial score (nSPS) is 14.3. The average molecular weight is 707 g/mol. The van der Waals surface area contributed by atoms with E-state index in [9.17, 15) is 5.26 Å². The standard InChI is InChI=1S/C52H35N3/c1-52(2)45-24-23-38(31-44(45)51-39(17-11-18-46(51)52)34-12-5-3-6-13-34)55-47-19-10-9-16-40(47)42-29-35(21-26-49(42)55)36-22-27-50-43(30-36)41-28-33(32-53)20-25-48(41)54(50)37-14-7-4-8-15-37/h3-31H,1-2H3/i3D,5D,6D,12D,13D. The van der Waals surface area contributed by atoms with Crippen LogP contribution in [0.25, 0.3) is 88.4 Å². The van der Waals surface area contributed by atoms with E-state index in [-0.39, 0.29) is 35.1 Å². The van der Waals surface area contributed by atoms with Gasteiger partial charge < -0.3 is 9.13 Å². The maximum Gasteiger partial charge on any atom is 0.0991 e. The van der Waals surface area contributed by atoms with Crippen LogP contribution in [-0.2, 0) is 5.41 Å². The lowest BCUT2D eigenvalue weighted by atomic mass is 9.82. The van der Waals surface area contributed by atoms with Gasteiger partial charge in [0.1, 0.15) is 0 Å². The monoisotopic (exact) mass is 706 g/mol. The van der Waals surface area contributed by atoms with Crippen molar-refractivity contribution < 1.29 is 6.85 Å². The summed E-state index contributed by atoms with van der Waals surface area (Å²) in [4.78, 5) is 0. The van der Waals surface area contributed by atoms with Crippen molar-refractivity contribution in [3.8, 4) is 50.8 Å². The summed E-state index contributed by atoms with van der Waals surface area (Å²) in [5.41, 5.74) is 13.6. The number of benzene rings is 8. The molecule has 0 aliphatic heterocycles. The lowest BCUT2D eigenvalue weighted by Crippen LogP contribution is -2.15. The lowest BCUT2D eigenvalue weighted by Gasteiger charge is -2.22. The molecule has 1 aliphatic rings. The maximum absolute atomic E-state index is 9.82. The molecule has 0 saturated heterocycles. The van der Waals surface area contributed by atoms with Gasteiger partial charge in [-0.15, -0.1) is 0 Å². The predicted octanol–water partition coefficient (Wildman–Crippen LogP) is 13.4. The largest absolute Gasteiger partial charge is 0.309 e. The summed E-state index contributed by atoms with van der Waals surface area (Å²) < 4.78 is 47.4.